The van der Waals surface area contributed by atoms with Gasteiger partial charge in [0, 0.05) is 43.2 Å². The molecular weight excluding hydrogens is 332 g/mol. The van der Waals surface area contributed by atoms with Crippen molar-refractivity contribution in [3.63, 3.8) is 0 Å². The number of nitrogens with zero attached hydrogens (tertiary/aromatic N) is 4. The van der Waals surface area contributed by atoms with E-state index < -0.39 is 0 Å². The summed E-state index contributed by atoms with van der Waals surface area (Å²) < 4.78 is 0. The maximum Gasteiger partial charge on any atom is 0.222 e. The molecule has 25 heavy (non-hydrogen) atoms. The second-order valence-electron chi connectivity index (χ2n) is 7.09. The fraction of sp³-hybridized carbons (Fsp3) is 0.611. The van der Waals surface area contributed by atoms with Crippen molar-refractivity contribution in [1.82, 2.24) is 19.9 Å². The van der Waals surface area contributed by atoms with Crippen LogP contribution >= 0.6 is 11.3 Å². The van der Waals surface area contributed by atoms with Gasteiger partial charge in [0.25, 0.3) is 0 Å². The van der Waals surface area contributed by atoms with E-state index in [-0.39, 0.29) is 0 Å². The van der Waals surface area contributed by atoms with E-state index in [1.54, 1.807) is 11.3 Å². The molecule has 3 N–H and O–H groups in total. The summed E-state index contributed by atoms with van der Waals surface area (Å²) >= 11 is 1.65. The van der Waals surface area contributed by atoms with Gasteiger partial charge in [0.1, 0.15) is 10.8 Å². The van der Waals surface area contributed by atoms with Crippen LogP contribution in [0.5, 0.6) is 0 Å². The molecule has 0 bridgehead atoms. The number of nitrogens with two attached hydrogens (primary N) is 1. The molecule has 1 fully saturated rings. The number of aromatic nitrogens is 3. The highest BCUT2D eigenvalue weighted by atomic mass is 32.1. The summed E-state index contributed by atoms with van der Waals surface area (Å²) in [7, 11) is 0. The van der Waals surface area contributed by atoms with E-state index >= 15 is 0 Å². The van der Waals surface area contributed by atoms with Crippen LogP contribution in [-0.4, -0.2) is 39.5 Å². The highest BCUT2D eigenvalue weighted by Crippen LogP contribution is 2.27. The first-order valence-corrected chi connectivity index (χ1v) is 10.2. The minimum atomic E-state index is 0.365. The summed E-state index contributed by atoms with van der Waals surface area (Å²) in [6.07, 6.45) is 9.39. The summed E-state index contributed by atoms with van der Waals surface area (Å²) in [5, 5.41) is 6.48. The highest BCUT2D eigenvalue weighted by molar-refractivity contribution is 7.09. The topological polar surface area (TPSA) is 80.0 Å². The predicted molar refractivity (Wildman–Crippen MR) is 102 cm³/mol. The molecule has 0 saturated heterocycles. The number of hydrogen-bond acceptors (Lipinski definition) is 7. The van der Waals surface area contributed by atoms with Gasteiger partial charge in [0.15, 0.2) is 0 Å². The van der Waals surface area contributed by atoms with Crippen molar-refractivity contribution in [2.45, 2.75) is 45.1 Å². The van der Waals surface area contributed by atoms with Crippen LogP contribution in [-0.2, 0) is 19.4 Å². The maximum atomic E-state index is 5.96. The third-order valence-electron chi connectivity index (χ3n) is 5.33. The quantitative estimate of drug-likeness (QED) is 0.855. The van der Waals surface area contributed by atoms with Crippen molar-refractivity contribution in [1.29, 1.82) is 0 Å². The summed E-state index contributed by atoms with van der Waals surface area (Å²) in [5.74, 6) is 2.14. The molecule has 0 spiro atoms. The molecule has 3 heterocycles. The van der Waals surface area contributed by atoms with Gasteiger partial charge in [-0.25, -0.2) is 9.97 Å². The van der Waals surface area contributed by atoms with Gasteiger partial charge in [-0.2, -0.15) is 4.98 Å². The minimum absolute atomic E-state index is 0.365. The number of hydrogen-bond donors (Lipinski definition) is 2. The van der Waals surface area contributed by atoms with Crippen molar-refractivity contribution in [2.24, 2.45) is 5.92 Å². The summed E-state index contributed by atoms with van der Waals surface area (Å²) in [5.41, 5.74) is 8.31. The Labute approximate surface area is 152 Å². The Morgan fingerprint density at radius 2 is 2.04 bits per heavy atom. The summed E-state index contributed by atoms with van der Waals surface area (Å²) in [6.45, 7) is 4.08. The molecule has 7 heteroatoms. The fourth-order valence-corrected chi connectivity index (χ4v) is 4.61. The molecule has 4 rings (SSSR count). The second-order valence-corrected chi connectivity index (χ2v) is 8.07. The average molecular weight is 359 g/mol. The Bertz CT molecular complexity index is 696. The molecule has 1 aliphatic heterocycles. The van der Waals surface area contributed by atoms with Gasteiger partial charge >= 0.3 is 0 Å². The molecule has 0 atom stereocenters. The van der Waals surface area contributed by atoms with E-state index in [1.807, 2.05) is 11.6 Å². The third kappa shape index (κ3) is 4.10. The number of fused-ring (bicyclic) bond motifs is 1. The van der Waals surface area contributed by atoms with Gasteiger partial charge in [-0.05, 0) is 25.2 Å². The lowest BCUT2D eigenvalue weighted by molar-refractivity contribution is 0.241. The van der Waals surface area contributed by atoms with Crippen LogP contribution in [0.3, 0.4) is 0 Å². The van der Waals surface area contributed by atoms with E-state index in [0.717, 1.165) is 48.4 Å². The zero-order valence-corrected chi connectivity index (χ0v) is 15.4. The largest absolute Gasteiger partial charge is 0.368 e. The van der Waals surface area contributed by atoms with Crippen LogP contribution < -0.4 is 11.1 Å². The van der Waals surface area contributed by atoms with Gasteiger partial charge in [0.05, 0.1) is 12.2 Å². The first-order valence-electron chi connectivity index (χ1n) is 9.28. The SMILES string of the molecule is Nc1nc2c(c(NCc3nccs3)n1)CCN(CC1CCCC1)CC2. The highest BCUT2D eigenvalue weighted by Gasteiger charge is 2.23. The van der Waals surface area contributed by atoms with Crippen molar-refractivity contribution >= 4 is 23.1 Å². The molecule has 0 unspecified atom stereocenters. The van der Waals surface area contributed by atoms with Gasteiger partial charge < -0.3 is 16.0 Å². The van der Waals surface area contributed by atoms with Gasteiger partial charge in [0.2, 0.25) is 5.95 Å². The van der Waals surface area contributed by atoms with Crippen LogP contribution in [0.4, 0.5) is 11.8 Å². The zero-order chi connectivity index (χ0) is 17.1. The molecule has 0 radical (unpaired) electrons. The van der Waals surface area contributed by atoms with Crippen LogP contribution in [0.2, 0.25) is 0 Å². The number of nitrogen functional groups attached to an aromatic ring is 1. The minimum Gasteiger partial charge on any atom is -0.368 e. The third-order valence-corrected chi connectivity index (χ3v) is 6.11. The predicted octanol–water partition coefficient (Wildman–Crippen LogP) is 2.72. The normalized spacial score (nSPS) is 18.9. The number of anilines is 2. The Morgan fingerprint density at radius 3 is 2.84 bits per heavy atom. The Hall–Kier alpha value is -1.73. The van der Waals surface area contributed by atoms with Gasteiger partial charge in [-0.1, -0.05) is 12.8 Å². The van der Waals surface area contributed by atoms with E-state index in [0.29, 0.717) is 12.5 Å². The fourth-order valence-electron chi connectivity index (χ4n) is 4.05. The molecule has 2 aromatic rings. The lowest BCUT2D eigenvalue weighted by Crippen LogP contribution is -2.31. The molecular formula is C18H26N6S. The molecule has 0 amide bonds. The lowest BCUT2D eigenvalue weighted by Gasteiger charge is -2.23. The number of nitrogens with one attached hydrogen (secondary N) is 1. The summed E-state index contributed by atoms with van der Waals surface area (Å²) in [6, 6.07) is 0. The van der Waals surface area contributed by atoms with Crippen LogP contribution in [0.15, 0.2) is 11.6 Å². The van der Waals surface area contributed by atoms with Crippen molar-refractivity contribution in [3.05, 3.63) is 27.8 Å². The molecule has 6 nitrogen and oxygen atoms in total. The molecule has 1 saturated carbocycles. The molecule has 2 aliphatic rings. The van der Waals surface area contributed by atoms with Gasteiger partial charge in [-0.3, -0.25) is 0 Å². The smallest absolute Gasteiger partial charge is 0.222 e. The van der Waals surface area contributed by atoms with Crippen LogP contribution in [0.25, 0.3) is 0 Å². The van der Waals surface area contributed by atoms with E-state index in [2.05, 4.69) is 25.2 Å². The van der Waals surface area contributed by atoms with Crippen LogP contribution in [0, 0.1) is 5.92 Å². The van der Waals surface area contributed by atoms with E-state index in [9.17, 15) is 0 Å². The first-order chi connectivity index (χ1) is 12.3. The monoisotopic (exact) mass is 358 g/mol. The zero-order valence-electron chi connectivity index (χ0n) is 14.6. The van der Waals surface area contributed by atoms with Crippen LogP contribution in [0.1, 0.15) is 41.9 Å². The van der Waals surface area contributed by atoms with E-state index in [4.69, 9.17) is 5.73 Å². The van der Waals surface area contributed by atoms with Crippen molar-refractivity contribution in [2.75, 3.05) is 30.7 Å². The van der Waals surface area contributed by atoms with Crippen molar-refractivity contribution < 1.29 is 0 Å². The lowest BCUT2D eigenvalue weighted by atomic mass is 10.1. The number of rotatable bonds is 5. The Morgan fingerprint density at radius 1 is 1.20 bits per heavy atom. The molecule has 134 valence electrons. The molecule has 1 aliphatic carbocycles. The Kier molecular flexibility index (Phi) is 5.12. The second kappa shape index (κ2) is 7.66. The molecule has 2 aromatic heterocycles. The van der Waals surface area contributed by atoms with Crippen molar-refractivity contribution in [3.8, 4) is 0 Å². The first kappa shape index (κ1) is 16.7. The Balaban J connectivity index is 1.46. The number of thiazole rings is 1. The maximum absolute atomic E-state index is 5.96. The summed E-state index contributed by atoms with van der Waals surface area (Å²) in [4.78, 5) is 15.9. The standard InChI is InChI=1S/C18H26N6S/c19-18-22-15-6-9-24(12-13-3-1-2-4-13)8-5-14(15)17(23-18)21-11-16-20-7-10-25-16/h7,10,13H,1-6,8-9,11-12H2,(H3,19,21,22,23). The van der Waals surface area contributed by atoms with E-state index in [1.165, 1.54) is 37.8 Å². The average Bonchev–Trinajstić information content (AvgIpc) is 3.26. The molecule has 0 aromatic carbocycles. The van der Waals surface area contributed by atoms with Gasteiger partial charge in [-0.15, -0.1) is 11.3 Å².